The topological polar surface area (TPSA) is 116 Å². The number of anilines is 1. The molecule has 0 heterocycles. The van der Waals surface area contributed by atoms with Crippen LogP contribution >= 0.6 is 0 Å². The van der Waals surface area contributed by atoms with E-state index in [4.69, 9.17) is 4.74 Å². The first-order valence-corrected chi connectivity index (χ1v) is 9.41. The number of methoxy groups -OCH3 is 1. The standard InChI is InChI=1S/C17H18N2O6S/c1-3-10-26(23,24)16-7-5-4-6-13(16)17(20)18-14-9-8-12(25-2)11-15(14)19(21)22/h4-9,11H,3,10H2,1-2H3,(H,18,20). The number of ether oxygens (including phenoxy) is 1. The van der Waals surface area contributed by atoms with Gasteiger partial charge in [0.15, 0.2) is 9.84 Å². The highest BCUT2D eigenvalue weighted by Crippen LogP contribution is 2.30. The Morgan fingerprint density at radius 2 is 1.92 bits per heavy atom. The monoisotopic (exact) mass is 378 g/mol. The lowest BCUT2D eigenvalue weighted by atomic mass is 10.2. The molecule has 26 heavy (non-hydrogen) atoms. The van der Waals surface area contributed by atoms with Crippen LogP contribution in [0.3, 0.4) is 0 Å². The van der Waals surface area contributed by atoms with Crippen LogP contribution in [-0.2, 0) is 9.84 Å². The number of carbonyl (C=O) groups is 1. The largest absolute Gasteiger partial charge is 0.496 e. The van der Waals surface area contributed by atoms with Gasteiger partial charge in [-0.2, -0.15) is 0 Å². The number of carbonyl (C=O) groups excluding carboxylic acids is 1. The minimum atomic E-state index is -3.63. The van der Waals surface area contributed by atoms with Crippen molar-refractivity contribution in [1.29, 1.82) is 0 Å². The maximum absolute atomic E-state index is 12.6. The smallest absolute Gasteiger partial charge is 0.296 e. The third-order valence-corrected chi connectivity index (χ3v) is 5.56. The van der Waals surface area contributed by atoms with E-state index in [9.17, 15) is 23.3 Å². The van der Waals surface area contributed by atoms with Crippen molar-refractivity contribution >= 4 is 27.1 Å². The fourth-order valence-electron chi connectivity index (χ4n) is 2.39. The second-order valence-corrected chi connectivity index (χ2v) is 7.49. The summed E-state index contributed by atoms with van der Waals surface area (Å²) in [5, 5.41) is 13.6. The second-order valence-electron chi connectivity index (χ2n) is 5.41. The van der Waals surface area contributed by atoms with E-state index in [2.05, 4.69) is 5.32 Å². The molecule has 0 saturated carbocycles. The molecule has 2 aromatic rings. The Kier molecular flexibility index (Phi) is 5.93. The maximum atomic E-state index is 12.6. The van der Waals surface area contributed by atoms with Gasteiger partial charge in [0.2, 0.25) is 0 Å². The Balaban J connectivity index is 2.43. The van der Waals surface area contributed by atoms with Crippen molar-refractivity contribution in [2.45, 2.75) is 18.2 Å². The molecule has 0 spiro atoms. The normalized spacial score (nSPS) is 11.0. The summed E-state index contributed by atoms with van der Waals surface area (Å²) in [6.07, 6.45) is 0.405. The number of nitro benzene ring substituents is 1. The van der Waals surface area contributed by atoms with E-state index in [0.717, 1.165) is 0 Å². The van der Waals surface area contributed by atoms with Crippen molar-refractivity contribution in [2.75, 3.05) is 18.2 Å². The number of sulfone groups is 1. The van der Waals surface area contributed by atoms with Crippen molar-refractivity contribution in [1.82, 2.24) is 0 Å². The van der Waals surface area contributed by atoms with Crippen molar-refractivity contribution < 1.29 is 22.9 Å². The Hall–Kier alpha value is -2.94. The number of hydrogen-bond donors (Lipinski definition) is 1. The number of nitro groups is 1. The summed E-state index contributed by atoms with van der Waals surface area (Å²) in [6, 6.07) is 9.74. The molecule has 8 nitrogen and oxygen atoms in total. The van der Waals surface area contributed by atoms with E-state index in [1.54, 1.807) is 6.92 Å². The van der Waals surface area contributed by atoms with Crippen LogP contribution in [0.2, 0.25) is 0 Å². The number of rotatable bonds is 7. The van der Waals surface area contributed by atoms with E-state index >= 15 is 0 Å². The van der Waals surface area contributed by atoms with Gasteiger partial charge in [-0.25, -0.2) is 8.42 Å². The van der Waals surface area contributed by atoms with Gasteiger partial charge < -0.3 is 10.1 Å². The molecule has 0 fully saturated rings. The zero-order valence-corrected chi connectivity index (χ0v) is 15.1. The van der Waals surface area contributed by atoms with Crippen LogP contribution in [0.5, 0.6) is 5.75 Å². The third kappa shape index (κ3) is 4.17. The molecule has 0 atom stereocenters. The van der Waals surface area contributed by atoms with E-state index in [0.29, 0.717) is 6.42 Å². The van der Waals surface area contributed by atoms with Gasteiger partial charge >= 0.3 is 0 Å². The summed E-state index contributed by atoms with van der Waals surface area (Å²) in [5.74, 6) is -0.575. The molecule has 0 bridgehead atoms. The van der Waals surface area contributed by atoms with E-state index < -0.39 is 20.7 Å². The number of benzene rings is 2. The molecular formula is C17H18N2O6S. The quantitative estimate of drug-likeness (QED) is 0.585. The Morgan fingerprint density at radius 3 is 2.54 bits per heavy atom. The maximum Gasteiger partial charge on any atom is 0.296 e. The summed E-state index contributed by atoms with van der Waals surface area (Å²) in [4.78, 5) is 23.1. The predicted octanol–water partition coefficient (Wildman–Crippen LogP) is 3.04. The van der Waals surface area contributed by atoms with Gasteiger partial charge in [-0.1, -0.05) is 19.1 Å². The van der Waals surface area contributed by atoms with Gasteiger partial charge in [-0.05, 0) is 30.7 Å². The lowest BCUT2D eigenvalue weighted by Gasteiger charge is -2.11. The Morgan fingerprint density at radius 1 is 1.23 bits per heavy atom. The first kappa shape index (κ1) is 19.4. The molecule has 2 aromatic carbocycles. The minimum absolute atomic E-state index is 0.0523. The zero-order valence-electron chi connectivity index (χ0n) is 14.3. The molecule has 0 unspecified atom stereocenters. The van der Waals surface area contributed by atoms with Gasteiger partial charge in [-0.3, -0.25) is 14.9 Å². The summed E-state index contributed by atoms with van der Waals surface area (Å²) in [6.45, 7) is 1.72. The van der Waals surface area contributed by atoms with Crippen LogP contribution in [0.25, 0.3) is 0 Å². The van der Waals surface area contributed by atoms with Gasteiger partial charge in [0.25, 0.3) is 11.6 Å². The fourth-order valence-corrected chi connectivity index (χ4v) is 3.93. The Labute approximate surface area is 150 Å². The third-order valence-electron chi connectivity index (χ3n) is 3.59. The first-order chi connectivity index (χ1) is 12.3. The number of amides is 1. The average Bonchev–Trinajstić information content (AvgIpc) is 2.61. The van der Waals surface area contributed by atoms with Crippen molar-refractivity contribution in [3.05, 3.63) is 58.1 Å². The molecule has 1 amide bonds. The number of nitrogens with zero attached hydrogens (tertiary/aromatic N) is 1. The predicted molar refractivity (Wildman–Crippen MR) is 96.4 cm³/mol. The SMILES string of the molecule is CCCS(=O)(=O)c1ccccc1C(=O)Nc1ccc(OC)cc1[N+](=O)[O-]. The summed E-state index contributed by atoms with van der Waals surface area (Å²) >= 11 is 0. The van der Waals surface area contributed by atoms with Gasteiger partial charge in [-0.15, -0.1) is 0 Å². The Bertz CT molecular complexity index is 940. The first-order valence-electron chi connectivity index (χ1n) is 7.75. The van der Waals surface area contributed by atoms with Crippen molar-refractivity contribution in [2.24, 2.45) is 0 Å². The molecule has 0 aliphatic rings. The molecular weight excluding hydrogens is 360 g/mol. The van der Waals surface area contributed by atoms with Crippen LogP contribution in [0.4, 0.5) is 11.4 Å². The molecule has 138 valence electrons. The van der Waals surface area contributed by atoms with Gasteiger partial charge in [0, 0.05) is 0 Å². The molecule has 2 rings (SSSR count). The molecule has 0 saturated heterocycles. The average molecular weight is 378 g/mol. The van der Waals surface area contributed by atoms with Crippen molar-refractivity contribution in [3.8, 4) is 5.75 Å². The molecule has 1 N–H and O–H groups in total. The fraction of sp³-hybridized carbons (Fsp3) is 0.235. The van der Waals surface area contributed by atoms with E-state index in [1.165, 1.54) is 49.6 Å². The zero-order chi connectivity index (χ0) is 19.3. The van der Waals surface area contributed by atoms with Crippen LogP contribution in [0, 0.1) is 10.1 Å². The lowest BCUT2D eigenvalue weighted by Crippen LogP contribution is -2.18. The van der Waals surface area contributed by atoms with Crippen LogP contribution in [-0.4, -0.2) is 32.1 Å². The van der Waals surface area contributed by atoms with E-state index in [-0.39, 0.29) is 33.3 Å². The second kappa shape index (κ2) is 7.96. The van der Waals surface area contributed by atoms with Crippen LogP contribution in [0.1, 0.15) is 23.7 Å². The highest BCUT2D eigenvalue weighted by molar-refractivity contribution is 7.91. The van der Waals surface area contributed by atoms with Crippen LogP contribution < -0.4 is 10.1 Å². The lowest BCUT2D eigenvalue weighted by molar-refractivity contribution is -0.384. The molecule has 0 aromatic heterocycles. The van der Waals surface area contributed by atoms with Gasteiger partial charge in [0.1, 0.15) is 11.4 Å². The number of hydrogen-bond acceptors (Lipinski definition) is 6. The molecule has 9 heteroatoms. The highest BCUT2D eigenvalue weighted by atomic mass is 32.2. The highest BCUT2D eigenvalue weighted by Gasteiger charge is 2.23. The minimum Gasteiger partial charge on any atom is -0.496 e. The van der Waals surface area contributed by atoms with Gasteiger partial charge in [0.05, 0.1) is 34.3 Å². The molecule has 0 radical (unpaired) electrons. The summed E-state index contributed by atoms with van der Waals surface area (Å²) in [7, 11) is -2.26. The molecule has 0 aliphatic heterocycles. The van der Waals surface area contributed by atoms with Crippen molar-refractivity contribution in [3.63, 3.8) is 0 Å². The molecule has 0 aliphatic carbocycles. The summed E-state index contributed by atoms with van der Waals surface area (Å²) in [5.41, 5.74) is -0.471. The number of nitrogens with one attached hydrogen (secondary N) is 1. The van der Waals surface area contributed by atoms with Crippen LogP contribution in [0.15, 0.2) is 47.4 Å². The summed E-state index contributed by atoms with van der Waals surface area (Å²) < 4.78 is 29.7. The van der Waals surface area contributed by atoms with E-state index in [1.807, 2.05) is 0 Å².